The molecule has 2 aromatic rings. The van der Waals surface area contributed by atoms with Crippen LogP contribution in [0.2, 0.25) is 0 Å². The van der Waals surface area contributed by atoms with E-state index in [1.54, 1.807) is 18.4 Å². The molecule has 0 aliphatic rings. The molecule has 5 heteroatoms. The summed E-state index contributed by atoms with van der Waals surface area (Å²) in [4.78, 5) is 1.17. The fourth-order valence-corrected chi connectivity index (χ4v) is 3.38. The average Bonchev–Trinajstić information content (AvgIpc) is 2.90. The van der Waals surface area contributed by atoms with E-state index in [9.17, 15) is 0 Å². The summed E-state index contributed by atoms with van der Waals surface area (Å²) in [7, 11) is 1.65. The third-order valence-electron chi connectivity index (χ3n) is 3.25. The second kappa shape index (κ2) is 7.82. The molecule has 0 radical (unpaired) electrons. The summed E-state index contributed by atoms with van der Waals surface area (Å²) in [6.07, 6.45) is 1.81. The number of nitrogens with two attached hydrogens (primary N) is 1. The molecule has 0 aliphatic heterocycles. The van der Waals surface area contributed by atoms with Crippen molar-refractivity contribution in [1.29, 1.82) is 0 Å². The smallest absolute Gasteiger partial charge is 0.161 e. The standard InChI is InChI=1S/C16H20BrNO2S/c1-3-12(18)8-11-4-6-14(19-2)15(9-11)20-10-13-5-7-16(17)21-13/h4-7,9,12H,3,8,10,18H2,1-2H3. The first-order chi connectivity index (χ1) is 10.1. The Labute approximate surface area is 138 Å². The van der Waals surface area contributed by atoms with Gasteiger partial charge in [-0.15, -0.1) is 11.3 Å². The van der Waals surface area contributed by atoms with Gasteiger partial charge in [0.15, 0.2) is 11.5 Å². The second-order valence-corrected chi connectivity index (χ2v) is 7.40. The van der Waals surface area contributed by atoms with E-state index in [0.29, 0.717) is 6.61 Å². The maximum atomic E-state index is 6.02. The van der Waals surface area contributed by atoms with Crippen LogP contribution < -0.4 is 15.2 Å². The molecule has 21 heavy (non-hydrogen) atoms. The Morgan fingerprint density at radius 1 is 1.24 bits per heavy atom. The van der Waals surface area contributed by atoms with Gasteiger partial charge in [0.25, 0.3) is 0 Å². The Balaban J connectivity index is 2.09. The van der Waals surface area contributed by atoms with Crippen molar-refractivity contribution >= 4 is 27.3 Å². The number of halogens is 1. The van der Waals surface area contributed by atoms with E-state index in [0.717, 1.165) is 28.1 Å². The summed E-state index contributed by atoms with van der Waals surface area (Å²) in [6.45, 7) is 2.64. The van der Waals surface area contributed by atoms with Gasteiger partial charge in [-0.05, 0) is 58.6 Å². The predicted octanol–water partition coefficient (Wildman–Crippen LogP) is 4.38. The van der Waals surface area contributed by atoms with Crippen molar-refractivity contribution in [1.82, 2.24) is 0 Å². The summed E-state index contributed by atoms with van der Waals surface area (Å²) in [5.41, 5.74) is 7.19. The molecule has 0 amide bonds. The highest BCUT2D eigenvalue weighted by atomic mass is 79.9. The molecule has 3 nitrogen and oxygen atoms in total. The van der Waals surface area contributed by atoms with Crippen LogP contribution in [0.3, 0.4) is 0 Å². The van der Waals surface area contributed by atoms with Crippen LogP contribution >= 0.6 is 27.3 Å². The van der Waals surface area contributed by atoms with Gasteiger partial charge in [0.2, 0.25) is 0 Å². The van der Waals surface area contributed by atoms with Crippen molar-refractivity contribution in [3.05, 3.63) is 44.6 Å². The first kappa shape index (κ1) is 16.3. The minimum Gasteiger partial charge on any atom is -0.493 e. The fourth-order valence-electron chi connectivity index (χ4n) is 1.99. The van der Waals surface area contributed by atoms with Crippen LogP contribution in [-0.4, -0.2) is 13.2 Å². The van der Waals surface area contributed by atoms with Gasteiger partial charge < -0.3 is 15.2 Å². The van der Waals surface area contributed by atoms with Gasteiger partial charge in [0.05, 0.1) is 10.9 Å². The molecular formula is C16H20BrNO2S. The lowest BCUT2D eigenvalue weighted by Gasteiger charge is -2.13. The molecular weight excluding hydrogens is 350 g/mol. The van der Waals surface area contributed by atoms with Crippen molar-refractivity contribution in [3.63, 3.8) is 0 Å². The minimum absolute atomic E-state index is 0.180. The number of rotatable bonds is 7. The Kier molecular flexibility index (Phi) is 6.08. The molecule has 2 rings (SSSR count). The first-order valence-corrected chi connectivity index (χ1v) is 8.52. The fraction of sp³-hybridized carbons (Fsp3) is 0.375. The highest BCUT2D eigenvalue weighted by molar-refractivity contribution is 9.11. The number of methoxy groups -OCH3 is 1. The molecule has 114 valence electrons. The largest absolute Gasteiger partial charge is 0.493 e. The molecule has 2 N–H and O–H groups in total. The van der Waals surface area contributed by atoms with Crippen LogP contribution in [0.5, 0.6) is 11.5 Å². The summed E-state index contributed by atoms with van der Waals surface area (Å²) in [5, 5.41) is 0. The van der Waals surface area contributed by atoms with Crippen molar-refractivity contribution in [2.75, 3.05) is 7.11 Å². The lowest BCUT2D eigenvalue weighted by atomic mass is 10.0. The lowest BCUT2D eigenvalue weighted by molar-refractivity contribution is 0.287. The molecule has 1 atom stereocenters. The number of hydrogen-bond acceptors (Lipinski definition) is 4. The molecule has 0 fully saturated rings. The van der Waals surface area contributed by atoms with E-state index in [1.807, 2.05) is 24.3 Å². The van der Waals surface area contributed by atoms with E-state index in [-0.39, 0.29) is 6.04 Å². The normalized spacial score (nSPS) is 12.2. The number of thiophene rings is 1. The zero-order valence-corrected chi connectivity index (χ0v) is 14.7. The van der Waals surface area contributed by atoms with Gasteiger partial charge in [0, 0.05) is 10.9 Å². The van der Waals surface area contributed by atoms with Crippen molar-refractivity contribution in [2.24, 2.45) is 5.73 Å². The van der Waals surface area contributed by atoms with Crippen LogP contribution in [0.4, 0.5) is 0 Å². The monoisotopic (exact) mass is 369 g/mol. The first-order valence-electron chi connectivity index (χ1n) is 6.92. The minimum atomic E-state index is 0.180. The van der Waals surface area contributed by atoms with Gasteiger partial charge in [0.1, 0.15) is 6.61 Å². The number of benzene rings is 1. The highest BCUT2D eigenvalue weighted by Gasteiger charge is 2.09. The van der Waals surface area contributed by atoms with E-state index in [1.165, 1.54) is 10.4 Å². The van der Waals surface area contributed by atoms with Crippen LogP contribution in [0.25, 0.3) is 0 Å². The van der Waals surface area contributed by atoms with E-state index < -0.39 is 0 Å². The quantitative estimate of drug-likeness (QED) is 0.787. The van der Waals surface area contributed by atoms with Gasteiger partial charge in [-0.1, -0.05) is 13.0 Å². The van der Waals surface area contributed by atoms with Crippen LogP contribution in [0.1, 0.15) is 23.8 Å². The zero-order valence-electron chi connectivity index (χ0n) is 12.3. The van der Waals surface area contributed by atoms with Crippen LogP contribution in [0, 0.1) is 0 Å². The Morgan fingerprint density at radius 2 is 2.05 bits per heavy atom. The number of ether oxygens (including phenoxy) is 2. The van der Waals surface area contributed by atoms with Gasteiger partial charge >= 0.3 is 0 Å². The highest BCUT2D eigenvalue weighted by Crippen LogP contribution is 2.30. The average molecular weight is 370 g/mol. The third-order valence-corrected chi connectivity index (χ3v) is 4.85. The topological polar surface area (TPSA) is 44.5 Å². The molecule has 0 saturated carbocycles. The lowest BCUT2D eigenvalue weighted by Crippen LogP contribution is -2.21. The molecule has 0 aliphatic carbocycles. The number of hydrogen-bond donors (Lipinski definition) is 1. The van der Waals surface area contributed by atoms with Crippen molar-refractivity contribution in [3.8, 4) is 11.5 Å². The zero-order chi connectivity index (χ0) is 15.2. The summed E-state index contributed by atoms with van der Waals surface area (Å²) in [6, 6.07) is 10.3. The van der Waals surface area contributed by atoms with E-state index >= 15 is 0 Å². The summed E-state index contributed by atoms with van der Waals surface area (Å²) in [5.74, 6) is 1.52. The van der Waals surface area contributed by atoms with Crippen LogP contribution in [-0.2, 0) is 13.0 Å². The maximum absolute atomic E-state index is 6.02. The molecule has 1 heterocycles. The molecule has 0 saturated heterocycles. The Morgan fingerprint density at radius 3 is 2.67 bits per heavy atom. The third kappa shape index (κ3) is 4.73. The maximum Gasteiger partial charge on any atom is 0.161 e. The SMILES string of the molecule is CCC(N)Cc1ccc(OC)c(OCc2ccc(Br)s2)c1. The van der Waals surface area contributed by atoms with Gasteiger partial charge in [-0.3, -0.25) is 0 Å². The molecule has 0 spiro atoms. The van der Waals surface area contributed by atoms with Gasteiger partial charge in [-0.25, -0.2) is 0 Å². The Bertz CT molecular complexity index is 585. The van der Waals surface area contributed by atoms with Crippen molar-refractivity contribution < 1.29 is 9.47 Å². The Hall–Kier alpha value is -1.04. The van der Waals surface area contributed by atoms with Crippen molar-refractivity contribution in [2.45, 2.75) is 32.4 Å². The van der Waals surface area contributed by atoms with E-state index in [4.69, 9.17) is 15.2 Å². The molecule has 0 bridgehead atoms. The van der Waals surface area contributed by atoms with Gasteiger partial charge in [-0.2, -0.15) is 0 Å². The predicted molar refractivity (Wildman–Crippen MR) is 91.3 cm³/mol. The molecule has 1 unspecified atom stereocenters. The van der Waals surface area contributed by atoms with Crippen LogP contribution in [0.15, 0.2) is 34.1 Å². The van der Waals surface area contributed by atoms with E-state index in [2.05, 4.69) is 28.9 Å². The molecule has 1 aromatic heterocycles. The summed E-state index contributed by atoms with van der Waals surface area (Å²) < 4.78 is 12.4. The second-order valence-electron chi connectivity index (χ2n) is 4.85. The molecule has 1 aromatic carbocycles. The summed E-state index contributed by atoms with van der Waals surface area (Å²) >= 11 is 5.13.